The third-order valence-corrected chi connectivity index (χ3v) is 5.70. The molecular formula is C24H25NO5. The average Bonchev–Trinajstić information content (AvgIpc) is 3.36. The Morgan fingerprint density at radius 3 is 2.63 bits per heavy atom. The van der Waals surface area contributed by atoms with Crippen LogP contribution in [0.4, 0.5) is 0 Å². The first kappa shape index (κ1) is 20.2. The van der Waals surface area contributed by atoms with E-state index in [2.05, 4.69) is 0 Å². The van der Waals surface area contributed by atoms with Gasteiger partial charge < -0.3 is 19.5 Å². The molecule has 6 heteroatoms. The Labute approximate surface area is 175 Å². The van der Waals surface area contributed by atoms with Crippen molar-refractivity contribution in [1.29, 1.82) is 0 Å². The number of nitrogens with zero attached hydrogens (tertiary/aromatic N) is 1. The van der Waals surface area contributed by atoms with Gasteiger partial charge in [-0.3, -0.25) is 9.59 Å². The Kier molecular flexibility index (Phi) is 5.59. The molecule has 2 atom stereocenters. The highest BCUT2D eigenvalue weighted by Crippen LogP contribution is 2.40. The Hall–Kier alpha value is -3.12. The number of rotatable bonds is 5. The van der Waals surface area contributed by atoms with Gasteiger partial charge in [-0.25, -0.2) is 0 Å². The third kappa shape index (κ3) is 3.71. The Morgan fingerprint density at radius 1 is 1.20 bits per heavy atom. The molecule has 2 heterocycles. The highest BCUT2D eigenvalue weighted by Gasteiger charge is 2.47. The van der Waals surface area contributed by atoms with Gasteiger partial charge in [0.15, 0.2) is 0 Å². The van der Waals surface area contributed by atoms with E-state index in [-0.39, 0.29) is 17.4 Å². The fraction of sp³-hybridized carbons (Fsp3) is 0.333. The van der Waals surface area contributed by atoms with Crippen molar-refractivity contribution in [3.05, 3.63) is 70.8 Å². The number of carbonyl (C=O) groups is 2. The van der Waals surface area contributed by atoms with Crippen LogP contribution in [-0.4, -0.2) is 48.1 Å². The number of ether oxygens (including phenoxy) is 2. The molecule has 1 N–H and O–H groups in total. The molecule has 0 radical (unpaired) electrons. The molecule has 156 valence electrons. The number of carbonyl (C=O) groups excluding carboxylic acids is 2. The van der Waals surface area contributed by atoms with Gasteiger partial charge in [-0.15, -0.1) is 0 Å². The predicted molar refractivity (Wildman–Crippen MR) is 112 cm³/mol. The summed E-state index contributed by atoms with van der Waals surface area (Å²) in [5.74, 6) is -0.854. The Morgan fingerprint density at radius 2 is 1.97 bits per heavy atom. The molecular weight excluding hydrogens is 382 g/mol. The maximum absolute atomic E-state index is 13.0. The monoisotopic (exact) mass is 407 g/mol. The molecule has 1 amide bonds. The van der Waals surface area contributed by atoms with Gasteiger partial charge in [0.2, 0.25) is 0 Å². The number of amides is 1. The minimum Gasteiger partial charge on any atom is -0.507 e. The van der Waals surface area contributed by atoms with E-state index in [0.717, 1.165) is 18.4 Å². The fourth-order valence-electron chi connectivity index (χ4n) is 4.10. The molecule has 0 aliphatic carbocycles. The second-order valence-corrected chi connectivity index (χ2v) is 7.73. The Balaban J connectivity index is 1.83. The number of ketones is 1. The van der Waals surface area contributed by atoms with Crippen molar-refractivity contribution in [3.63, 3.8) is 0 Å². The number of methoxy groups -OCH3 is 1. The summed E-state index contributed by atoms with van der Waals surface area (Å²) in [7, 11) is 1.56. The van der Waals surface area contributed by atoms with Crippen LogP contribution < -0.4 is 4.74 Å². The van der Waals surface area contributed by atoms with E-state index in [0.29, 0.717) is 30.0 Å². The average molecular weight is 407 g/mol. The van der Waals surface area contributed by atoms with Gasteiger partial charge in [0, 0.05) is 18.7 Å². The van der Waals surface area contributed by atoms with Crippen molar-refractivity contribution in [2.75, 3.05) is 20.3 Å². The molecule has 2 fully saturated rings. The van der Waals surface area contributed by atoms with Gasteiger partial charge in [0.25, 0.3) is 11.7 Å². The summed E-state index contributed by atoms with van der Waals surface area (Å²) in [4.78, 5) is 27.5. The van der Waals surface area contributed by atoms with Crippen molar-refractivity contribution in [3.8, 4) is 5.75 Å². The zero-order valence-corrected chi connectivity index (χ0v) is 17.1. The van der Waals surface area contributed by atoms with Crippen LogP contribution in [0.2, 0.25) is 0 Å². The number of benzene rings is 2. The lowest BCUT2D eigenvalue weighted by molar-refractivity contribution is -0.140. The number of Topliss-reactive ketones (excluding diaryl/α,β-unsaturated/α-hetero) is 1. The van der Waals surface area contributed by atoms with Crippen LogP contribution in [0.1, 0.15) is 35.6 Å². The van der Waals surface area contributed by atoms with E-state index in [9.17, 15) is 14.7 Å². The van der Waals surface area contributed by atoms with Crippen LogP contribution >= 0.6 is 0 Å². The maximum Gasteiger partial charge on any atom is 0.295 e. The van der Waals surface area contributed by atoms with Gasteiger partial charge in [0.05, 0.1) is 24.8 Å². The quantitative estimate of drug-likeness (QED) is 0.466. The van der Waals surface area contributed by atoms with E-state index in [4.69, 9.17) is 9.47 Å². The number of aliphatic hydroxyl groups excluding tert-OH is 1. The van der Waals surface area contributed by atoms with Crippen LogP contribution in [0, 0.1) is 6.92 Å². The van der Waals surface area contributed by atoms with Gasteiger partial charge in [-0.05, 0) is 37.5 Å². The molecule has 0 spiro atoms. The summed E-state index contributed by atoms with van der Waals surface area (Å²) in [5, 5.41) is 11.1. The van der Waals surface area contributed by atoms with Crippen molar-refractivity contribution >= 4 is 17.4 Å². The summed E-state index contributed by atoms with van der Waals surface area (Å²) in [6, 6.07) is 13.8. The highest BCUT2D eigenvalue weighted by atomic mass is 16.5. The number of likely N-dealkylation sites (tertiary alicyclic amines) is 1. The number of aliphatic hydroxyl groups is 1. The van der Waals surface area contributed by atoms with Crippen LogP contribution in [0.5, 0.6) is 5.75 Å². The van der Waals surface area contributed by atoms with Crippen LogP contribution in [0.3, 0.4) is 0 Å². The van der Waals surface area contributed by atoms with Crippen molar-refractivity contribution in [1.82, 2.24) is 4.90 Å². The van der Waals surface area contributed by atoms with E-state index in [1.54, 1.807) is 31.4 Å². The van der Waals surface area contributed by atoms with E-state index >= 15 is 0 Å². The molecule has 6 nitrogen and oxygen atoms in total. The highest BCUT2D eigenvalue weighted by molar-refractivity contribution is 6.46. The summed E-state index contributed by atoms with van der Waals surface area (Å²) < 4.78 is 11.1. The third-order valence-electron chi connectivity index (χ3n) is 5.70. The SMILES string of the molecule is COc1cccc(C2/C(=C(\O)c3ccc(C)cc3)C(=O)C(=O)N2CC2CCCO2)c1. The summed E-state index contributed by atoms with van der Waals surface area (Å²) in [5.41, 5.74) is 2.34. The van der Waals surface area contributed by atoms with Crippen LogP contribution in [0.25, 0.3) is 5.76 Å². The minimum absolute atomic E-state index is 0.0927. The smallest absolute Gasteiger partial charge is 0.295 e. The van der Waals surface area contributed by atoms with Crippen molar-refractivity contribution in [2.24, 2.45) is 0 Å². The minimum atomic E-state index is -0.703. The standard InChI is InChI=1S/C24H25NO5/c1-15-8-10-16(11-9-15)22(26)20-21(17-5-3-6-18(13-17)29-2)25(24(28)23(20)27)14-19-7-4-12-30-19/h3,5-6,8-11,13,19,21,26H,4,7,12,14H2,1-2H3/b22-20+. The number of hydrogen-bond donors (Lipinski definition) is 1. The molecule has 4 rings (SSSR count). The topological polar surface area (TPSA) is 76.1 Å². The first-order chi connectivity index (χ1) is 14.5. The second-order valence-electron chi connectivity index (χ2n) is 7.73. The second kappa shape index (κ2) is 8.32. The first-order valence-corrected chi connectivity index (χ1v) is 10.1. The van der Waals surface area contributed by atoms with Gasteiger partial charge in [-0.2, -0.15) is 0 Å². The number of hydrogen-bond acceptors (Lipinski definition) is 5. The summed E-state index contributed by atoms with van der Waals surface area (Å²) >= 11 is 0. The van der Waals surface area contributed by atoms with Crippen LogP contribution in [-0.2, 0) is 14.3 Å². The molecule has 2 saturated heterocycles. The molecule has 2 aliphatic heterocycles. The zero-order valence-electron chi connectivity index (χ0n) is 17.1. The molecule has 2 unspecified atom stereocenters. The molecule has 0 aromatic heterocycles. The van der Waals surface area contributed by atoms with Gasteiger partial charge in [0.1, 0.15) is 11.5 Å². The number of aryl methyl sites for hydroxylation is 1. The molecule has 2 aliphatic rings. The van der Waals surface area contributed by atoms with Crippen LogP contribution in [0.15, 0.2) is 54.1 Å². The van der Waals surface area contributed by atoms with E-state index < -0.39 is 17.7 Å². The summed E-state index contributed by atoms with van der Waals surface area (Å²) in [6.07, 6.45) is 1.66. The van der Waals surface area contributed by atoms with Crippen molar-refractivity contribution in [2.45, 2.75) is 31.9 Å². The maximum atomic E-state index is 13.0. The fourth-order valence-corrected chi connectivity index (χ4v) is 4.10. The molecule has 0 bridgehead atoms. The molecule has 0 saturated carbocycles. The molecule has 2 aromatic rings. The lowest BCUT2D eigenvalue weighted by atomic mass is 9.94. The largest absolute Gasteiger partial charge is 0.507 e. The normalized spacial score (nSPS) is 23.2. The zero-order chi connectivity index (χ0) is 21.3. The Bertz CT molecular complexity index is 989. The lowest BCUT2D eigenvalue weighted by Gasteiger charge is -2.27. The first-order valence-electron chi connectivity index (χ1n) is 10.1. The van der Waals surface area contributed by atoms with E-state index in [1.165, 1.54) is 4.90 Å². The predicted octanol–water partition coefficient (Wildman–Crippen LogP) is 3.60. The van der Waals surface area contributed by atoms with Crippen molar-refractivity contribution < 1.29 is 24.2 Å². The lowest BCUT2D eigenvalue weighted by Crippen LogP contribution is -2.36. The molecule has 30 heavy (non-hydrogen) atoms. The van der Waals surface area contributed by atoms with Gasteiger partial charge in [-0.1, -0.05) is 42.0 Å². The van der Waals surface area contributed by atoms with Gasteiger partial charge >= 0.3 is 0 Å². The summed E-state index contributed by atoms with van der Waals surface area (Å²) in [6.45, 7) is 2.90. The molecule has 2 aromatic carbocycles. The van der Waals surface area contributed by atoms with E-state index in [1.807, 2.05) is 31.2 Å².